The molecule has 1 fully saturated rings. The molecule has 2 heterocycles. The fourth-order valence-corrected chi connectivity index (χ4v) is 5.08. The van der Waals surface area contributed by atoms with E-state index in [1.54, 1.807) is 0 Å². The molecule has 0 saturated carbocycles. The van der Waals surface area contributed by atoms with Gasteiger partial charge in [0.15, 0.2) is 0 Å². The molecule has 0 aliphatic carbocycles. The van der Waals surface area contributed by atoms with Gasteiger partial charge in [-0.05, 0) is 42.5 Å². The zero-order valence-electron chi connectivity index (χ0n) is 14.0. The van der Waals surface area contributed by atoms with Crippen LogP contribution in [0.15, 0.2) is 18.2 Å². The van der Waals surface area contributed by atoms with Gasteiger partial charge in [-0.2, -0.15) is 23.0 Å². The summed E-state index contributed by atoms with van der Waals surface area (Å²) in [6.45, 7) is 0.668. The van der Waals surface area contributed by atoms with Gasteiger partial charge in [0.25, 0.3) is 0 Å². The highest BCUT2D eigenvalue weighted by atomic mass is 32.2. The molecular formula is C16H21F3N2O4S. The Hall–Kier alpha value is -1.20. The summed E-state index contributed by atoms with van der Waals surface area (Å²) in [7, 11) is -3.70. The quantitative estimate of drug-likeness (QED) is 0.746. The largest absolute Gasteiger partial charge is 0.416 e. The highest BCUT2D eigenvalue weighted by Gasteiger charge is 2.35. The number of fused-ring (bicyclic) bond motifs is 1. The first kappa shape index (κ1) is 19.6. The Bertz CT molecular complexity index is 748. The molecule has 0 radical (unpaired) electrons. The summed E-state index contributed by atoms with van der Waals surface area (Å²) in [4.78, 5) is 0. The van der Waals surface area contributed by atoms with E-state index < -0.39 is 27.8 Å². The maximum absolute atomic E-state index is 12.8. The number of hydrogen-bond donors (Lipinski definition) is 2. The lowest BCUT2D eigenvalue weighted by molar-refractivity contribution is -0.137. The third-order valence-electron chi connectivity index (χ3n) is 4.87. The van der Waals surface area contributed by atoms with Crippen molar-refractivity contribution in [2.75, 3.05) is 18.9 Å². The first-order chi connectivity index (χ1) is 12.2. The van der Waals surface area contributed by atoms with E-state index in [-0.39, 0.29) is 31.4 Å². The summed E-state index contributed by atoms with van der Waals surface area (Å²) in [5, 5.41) is 9.29. The molecule has 0 bridgehead atoms. The Kier molecular flexibility index (Phi) is 5.59. The fraction of sp³-hybridized carbons (Fsp3) is 0.625. The summed E-state index contributed by atoms with van der Waals surface area (Å²) in [5.74, 6) is -0.329. The van der Waals surface area contributed by atoms with Crippen molar-refractivity contribution in [3.63, 3.8) is 0 Å². The van der Waals surface area contributed by atoms with Crippen molar-refractivity contribution in [2.45, 2.75) is 44.1 Å². The number of sulfonamides is 1. The van der Waals surface area contributed by atoms with Gasteiger partial charge >= 0.3 is 6.18 Å². The van der Waals surface area contributed by atoms with Crippen LogP contribution >= 0.6 is 0 Å². The number of ether oxygens (including phenoxy) is 1. The topological polar surface area (TPSA) is 78.9 Å². The van der Waals surface area contributed by atoms with Crippen LogP contribution in [0.1, 0.15) is 29.5 Å². The van der Waals surface area contributed by atoms with Crippen molar-refractivity contribution in [3.8, 4) is 0 Å². The molecule has 0 spiro atoms. The van der Waals surface area contributed by atoms with Crippen molar-refractivity contribution in [1.82, 2.24) is 9.79 Å². The Morgan fingerprint density at radius 2 is 2.12 bits per heavy atom. The molecule has 2 atom stereocenters. The number of hydrogen-bond acceptors (Lipinski definition) is 5. The lowest BCUT2D eigenvalue weighted by atomic mass is 9.98. The van der Waals surface area contributed by atoms with Crippen molar-refractivity contribution in [1.29, 1.82) is 0 Å². The summed E-state index contributed by atoms with van der Waals surface area (Å²) >= 11 is 0. The maximum atomic E-state index is 12.8. The van der Waals surface area contributed by atoms with E-state index in [1.165, 1.54) is 10.4 Å². The van der Waals surface area contributed by atoms with Gasteiger partial charge in [0.2, 0.25) is 10.0 Å². The molecule has 1 aromatic carbocycles. The summed E-state index contributed by atoms with van der Waals surface area (Å²) in [6.07, 6.45) is -3.10. The standard InChI is InChI=1S/C16H21F3N2O4S/c17-16(18,19)13-4-3-12-9-21(6-5-11(12)8-13)26(23,24)10-14(20-22)15-2-1-7-25-15/h3-4,8,14-15,20,22H,1-2,5-7,9-10H2/t14?,15-/m1/s1. The van der Waals surface area contributed by atoms with Crippen molar-refractivity contribution in [2.24, 2.45) is 0 Å². The number of hydroxylamine groups is 1. The average molecular weight is 394 g/mol. The third-order valence-corrected chi connectivity index (χ3v) is 6.75. The second-order valence-electron chi connectivity index (χ2n) is 6.63. The van der Waals surface area contributed by atoms with Gasteiger partial charge in [0.05, 0.1) is 23.5 Å². The second-order valence-corrected chi connectivity index (χ2v) is 8.64. The molecule has 2 aliphatic heterocycles. The van der Waals surface area contributed by atoms with Crippen molar-refractivity contribution >= 4 is 10.0 Å². The van der Waals surface area contributed by atoms with E-state index in [2.05, 4.69) is 0 Å². The maximum Gasteiger partial charge on any atom is 0.416 e. The Morgan fingerprint density at radius 1 is 1.35 bits per heavy atom. The first-order valence-electron chi connectivity index (χ1n) is 8.39. The van der Waals surface area contributed by atoms with Gasteiger partial charge in [0.1, 0.15) is 0 Å². The lowest BCUT2D eigenvalue weighted by Gasteiger charge is -2.30. The van der Waals surface area contributed by atoms with Crippen LogP contribution in [0.25, 0.3) is 0 Å². The number of nitrogens with one attached hydrogen (secondary N) is 1. The number of alkyl halides is 3. The van der Waals surface area contributed by atoms with E-state index in [0.717, 1.165) is 18.6 Å². The third kappa shape index (κ3) is 4.20. The fourth-order valence-electron chi connectivity index (χ4n) is 3.42. The zero-order chi connectivity index (χ0) is 18.9. The van der Waals surface area contributed by atoms with Crippen LogP contribution in [0.5, 0.6) is 0 Å². The van der Waals surface area contributed by atoms with Crippen LogP contribution < -0.4 is 5.48 Å². The Balaban J connectivity index is 1.72. The van der Waals surface area contributed by atoms with Gasteiger partial charge < -0.3 is 9.94 Å². The molecular weight excluding hydrogens is 373 g/mol. The molecule has 0 amide bonds. The summed E-state index contributed by atoms with van der Waals surface area (Å²) < 4.78 is 70.5. The van der Waals surface area contributed by atoms with E-state index in [9.17, 15) is 26.8 Å². The van der Waals surface area contributed by atoms with Crippen LogP contribution in [-0.4, -0.2) is 49.0 Å². The molecule has 26 heavy (non-hydrogen) atoms. The smallest absolute Gasteiger partial charge is 0.376 e. The highest BCUT2D eigenvalue weighted by molar-refractivity contribution is 7.89. The molecule has 6 nitrogen and oxygen atoms in total. The predicted octanol–water partition coefficient (Wildman–Crippen LogP) is 1.92. The second kappa shape index (κ2) is 7.43. The van der Waals surface area contributed by atoms with E-state index >= 15 is 0 Å². The minimum atomic E-state index is -4.42. The number of halogens is 3. The summed E-state index contributed by atoms with van der Waals surface area (Å²) in [5.41, 5.74) is 2.38. The number of rotatable bonds is 5. The van der Waals surface area contributed by atoms with Crippen LogP contribution in [0, 0.1) is 0 Å². The molecule has 2 N–H and O–H groups in total. The van der Waals surface area contributed by atoms with E-state index in [4.69, 9.17) is 4.74 Å². The predicted molar refractivity (Wildman–Crippen MR) is 87.0 cm³/mol. The minimum absolute atomic E-state index is 0.0273. The van der Waals surface area contributed by atoms with Gasteiger partial charge in [-0.25, -0.2) is 8.42 Å². The van der Waals surface area contributed by atoms with Crippen LogP contribution in [-0.2, 0) is 33.9 Å². The average Bonchev–Trinajstić information content (AvgIpc) is 3.12. The number of benzene rings is 1. The SMILES string of the molecule is O=S(=O)(CC(NO)[C@H]1CCCO1)N1CCc2cc(C(F)(F)F)ccc2C1. The lowest BCUT2D eigenvalue weighted by Crippen LogP contribution is -2.48. The van der Waals surface area contributed by atoms with Gasteiger partial charge in [-0.1, -0.05) is 6.07 Å². The molecule has 10 heteroatoms. The van der Waals surface area contributed by atoms with Gasteiger partial charge in [-0.15, -0.1) is 0 Å². The molecule has 1 aromatic rings. The van der Waals surface area contributed by atoms with Crippen LogP contribution in [0.3, 0.4) is 0 Å². The van der Waals surface area contributed by atoms with E-state index in [1.807, 2.05) is 5.48 Å². The monoisotopic (exact) mass is 394 g/mol. The Morgan fingerprint density at radius 3 is 2.73 bits per heavy atom. The normalized spacial score (nSPS) is 23.0. The molecule has 3 rings (SSSR count). The summed E-state index contributed by atoms with van der Waals surface area (Å²) in [6, 6.07) is 2.65. The van der Waals surface area contributed by atoms with Gasteiger partial charge in [-0.3, -0.25) is 0 Å². The van der Waals surface area contributed by atoms with E-state index in [0.29, 0.717) is 24.2 Å². The van der Waals surface area contributed by atoms with Crippen molar-refractivity contribution < 1.29 is 31.5 Å². The van der Waals surface area contributed by atoms with Crippen LogP contribution in [0.2, 0.25) is 0 Å². The van der Waals surface area contributed by atoms with Crippen LogP contribution in [0.4, 0.5) is 13.2 Å². The van der Waals surface area contributed by atoms with Gasteiger partial charge in [0, 0.05) is 19.7 Å². The highest BCUT2D eigenvalue weighted by Crippen LogP contribution is 2.32. The Labute approximate surface area is 149 Å². The van der Waals surface area contributed by atoms with Crippen molar-refractivity contribution in [3.05, 3.63) is 34.9 Å². The molecule has 1 saturated heterocycles. The molecule has 0 aromatic heterocycles. The zero-order valence-corrected chi connectivity index (χ0v) is 14.8. The number of nitrogens with zero attached hydrogens (tertiary/aromatic N) is 1. The minimum Gasteiger partial charge on any atom is -0.376 e. The molecule has 146 valence electrons. The molecule has 1 unspecified atom stereocenters. The first-order valence-corrected chi connectivity index (χ1v) is 9.99. The molecule has 2 aliphatic rings.